The van der Waals surface area contributed by atoms with Crippen molar-refractivity contribution >= 4 is 0 Å². The molecule has 0 saturated carbocycles. The van der Waals surface area contributed by atoms with Crippen LogP contribution < -0.4 is 10.1 Å². The van der Waals surface area contributed by atoms with E-state index >= 15 is 0 Å². The number of ether oxygens (including phenoxy) is 1. The Hall–Kier alpha value is -1.13. The summed E-state index contributed by atoms with van der Waals surface area (Å²) in [7, 11) is 0. The van der Waals surface area contributed by atoms with Gasteiger partial charge in [0, 0.05) is 38.1 Å². The third kappa shape index (κ3) is 3.25. The Bertz CT molecular complexity index is 409. The van der Waals surface area contributed by atoms with Crippen LogP contribution in [0.15, 0.2) is 24.3 Å². The summed E-state index contributed by atoms with van der Waals surface area (Å²) < 4.78 is 18.6. The first-order valence-corrected chi connectivity index (χ1v) is 7.14. The van der Waals surface area contributed by atoms with E-state index in [0.29, 0.717) is 5.92 Å². The van der Waals surface area contributed by atoms with Crippen LogP contribution in [0.5, 0.6) is 5.75 Å². The summed E-state index contributed by atoms with van der Waals surface area (Å²) in [4.78, 5) is 2.58. The topological polar surface area (TPSA) is 24.5 Å². The highest BCUT2D eigenvalue weighted by Gasteiger charge is 2.29. The predicted octanol–water partition coefficient (Wildman–Crippen LogP) is 1.89. The van der Waals surface area contributed by atoms with Crippen LogP contribution in [0, 0.1) is 11.7 Å². The second-order valence-electron chi connectivity index (χ2n) is 5.56. The van der Waals surface area contributed by atoms with E-state index in [4.69, 9.17) is 4.74 Å². The number of fused-ring (bicyclic) bond motifs is 1. The third-order valence-corrected chi connectivity index (χ3v) is 4.17. The van der Waals surface area contributed by atoms with E-state index in [-0.39, 0.29) is 5.82 Å². The highest BCUT2D eigenvalue weighted by Crippen LogP contribution is 2.24. The summed E-state index contributed by atoms with van der Waals surface area (Å²) in [6.07, 6.45) is 2.48. The van der Waals surface area contributed by atoms with E-state index < -0.39 is 0 Å². The number of hydrogen-bond donors (Lipinski definition) is 1. The Kier molecular flexibility index (Phi) is 3.99. The first kappa shape index (κ1) is 12.9. The SMILES string of the molecule is Fc1ccc(OCC2CC[C@H]3CNCCN3C2)cc1. The summed E-state index contributed by atoms with van der Waals surface area (Å²) in [5.74, 6) is 1.15. The molecule has 2 aliphatic rings. The van der Waals surface area contributed by atoms with E-state index in [1.54, 1.807) is 12.1 Å². The maximum Gasteiger partial charge on any atom is 0.123 e. The minimum absolute atomic E-state index is 0.214. The Morgan fingerprint density at radius 1 is 1.26 bits per heavy atom. The monoisotopic (exact) mass is 264 g/mol. The number of rotatable bonds is 3. The van der Waals surface area contributed by atoms with Gasteiger partial charge in [-0.25, -0.2) is 4.39 Å². The van der Waals surface area contributed by atoms with Gasteiger partial charge in [0.1, 0.15) is 11.6 Å². The van der Waals surface area contributed by atoms with Crippen molar-refractivity contribution in [2.24, 2.45) is 5.92 Å². The minimum atomic E-state index is -0.214. The van der Waals surface area contributed by atoms with Crippen LogP contribution in [0.3, 0.4) is 0 Å². The zero-order valence-corrected chi connectivity index (χ0v) is 11.1. The number of piperazine rings is 1. The van der Waals surface area contributed by atoms with E-state index in [1.165, 1.54) is 25.0 Å². The van der Waals surface area contributed by atoms with Crippen molar-refractivity contribution < 1.29 is 9.13 Å². The van der Waals surface area contributed by atoms with Crippen LogP contribution >= 0.6 is 0 Å². The van der Waals surface area contributed by atoms with Crippen molar-refractivity contribution in [2.45, 2.75) is 18.9 Å². The zero-order chi connectivity index (χ0) is 13.1. The molecule has 1 N–H and O–H groups in total. The van der Waals surface area contributed by atoms with Crippen LogP contribution in [0.25, 0.3) is 0 Å². The van der Waals surface area contributed by atoms with Gasteiger partial charge in [-0.1, -0.05) is 0 Å². The summed E-state index contributed by atoms with van der Waals surface area (Å²) in [5.41, 5.74) is 0. The molecule has 0 aliphatic carbocycles. The first-order valence-electron chi connectivity index (χ1n) is 7.14. The predicted molar refractivity (Wildman–Crippen MR) is 72.8 cm³/mol. The highest BCUT2D eigenvalue weighted by molar-refractivity contribution is 5.22. The van der Waals surface area contributed by atoms with Crippen molar-refractivity contribution in [1.29, 1.82) is 0 Å². The number of halogens is 1. The fourth-order valence-corrected chi connectivity index (χ4v) is 3.06. The third-order valence-electron chi connectivity index (χ3n) is 4.17. The van der Waals surface area contributed by atoms with E-state index in [9.17, 15) is 4.39 Å². The van der Waals surface area contributed by atoms with Gasteiger partial charge in [-0.2, -0.15) is 0 Å². The summed E-state index contributed by atoms with van der Waals surface area (Å²) in [6.45, 7) is 5.25. The second kappa shape index (κ2) is 5.88. The van der Waals surface area contributed by atoms with Gasteiger partial charge in [0.25, 0.3) is 0 Å². The van der Waals surface area contributed by atoms with Crippen molar-refractivity contribution in [3.8, 4) is 5.75 Å². The summed E-state index contributed by atoms with van der Waals surface area (Å²) in [5, 5.41) is 3.45. The largest absolute Gasteiger partial charge is 0.493 e. The lowest BCUT2D eigenvalue weighted by Crippen LogP contribution is -2.55. The number of nitrogens with one attached hydrogen (secondary N) is 1. The Morgan fingerprint density at radius 3 is 2.95 bits per heavy atom. The molecule has 1 aromatic rings. The molecule has 0 bridgehead atoms. The number of nitrogens with zero attached hydrogens (tertiary/aromatic N) is 1. The molecular weight excluding hydrogens is 243 g/mol. The fourth-order valence-electron chi connectivity index (χ4n) is 3.06. The molecule has 0 radical (unpaired) electrons. The molecule has 3 rings (SSSR count). The van der Waals surface area contributed by atoms with Crippen LogP contribution in [0.2, 0.25) is 0 Å². The van der Waals surface area contributed by atoms with E-state index in [0.717, 1.165) is 44.6 Å². The molecule has 2 heterocycles. The summed E-state index contributed by atoms with van der Waals surface area (Å²) in [6, 6.07) is 7.01. The van der Waals surface area contributed by atoms with Crippen LogP contribution in [0.4, 0.5) is 4.39 Å². The molecule has 0 spiro atoms. The van der Waals surface area contributed by atoms with Crippen molar-refractivity contribution in [1.82, 2.24) is 10.2 Å². The smallest absolute Gasteiger partial charge is 0.123 e. The highest BCUT2D eigenvalue weighted by atomic mass is 19.1. The lowest BCUT2D eigenvalue weighted by atomic mass is 9.92. The van der Waals surface area contributed by atoms with Gasteiger partial charge in [-0.3, -0.25) is 4.90 Å². The van der Waals surface area contributed by atoms with Crippen LogP contribution in [-0.2, 0) is 0 Å². The average molecular weight is 264 g/mol. The summed E-state index contributed by atoms with van der Waals surface area (Å²) >= 11 is 0. The molecule has 2 fully saturated rings. The van der Waals surface area contributed by atoms with Crippen molar-refractivity contribution in [3.63, 3.8) is 0 Å². The molecule has 2 aliphatic heterocycles. The van der Waals surface area contributed by atoms with Gasteiger partial charge in [-0.05, 0) is 37.1 Å². The number of hydrogen-bond acceptors (Lipinski definition) is 3. The number of benzene rings is 1. The molecule has 2 saturated heterocycles. The minimum Gasteiger partial charge on any atom is -0.493 e. The van der Waals surface area contributed by atoms with Gasteiger partial charge in [0.2, 0.25) is 0 Å². The van der Waals surface area contributed by atoms with Gasteiger partial charge in [-0.15, -0.1) is 0 Å². The van der Waals surface area contributed by atoms with Crippen molar-refractivity contribution in [2.75, 3.05) is 32.8 Å². The molecule has 0 amide bonds. The second-order valence-corrected chi connectivity index (χ2v) is 5.56. The molecular formula is C15H21FN2O. The Morgan fingerprint density at radius 2 is 2.11 bits per heavy atom. The van der Waals surface area contributed by atoms with Crippen LogP contribution in [-0.4, -0.2) is 43.7 Å². The Balaban J connectivity index is 1.49. The van der Waals surface area contributed by atoms with E-state index in [2.05, 4.69) is 10.2 Å². The fraction of sp³-hybridized carbons (Fsp3) is 0.600. The first-order chi connectivity index (χ1) is 9.31. The molecule has 3 nitrogen and oxygen atoms in total. The van der Waals surface area contributed by atoms with Gasteiger partial charge >= 0.3 is 0 Å². The molecule has 104 valence electrons. The van der Waals surface area contributed by atoms with Gasteiger partial charge in [0.15, 0.2) is 0 Å². The quantitative estimate of drug-likeness (QED) is 0.902. The average Bonchev–Trinajstić information content (AvgIpc) is 2.46. The molecule has 4 heteroatoms. The standard InChI is InChI=1S/C15H21FN2O/c16-13-2-5-15(6-3-13)19-11-12-1-4-14-9-17-7-8-18(14)10-12/h2-3,5-6,12,14,17H,1,4,7-11H2/t12?,14-/m0/s1. The van der Waals surface area contributed by atoms with Gasteiger partial charge in [0.05, 0.1) is 6.61 Å². The molecule has 2 atom stereocenters. The number of piperidine rings is 1. The lowest BCUT2D eigenvalue weighted by Gasteiger charge is -2.42. The maximum absolute atomic E-state index is 12.8. The molecule has 19 heavy (non-hydrogen) atoms. The lowest BCUT2D eigenvalue weighted by molar-refractivity contribution is 0.0650. The van der Waals surface area contributed by atoms with Crippen LogP contribution in [0.1, 0.15) is 12.8 Å². The maximum atomic E-state index is 12.8. The molecule has 1 aromatic carbocycles. The molecule has 0 aromatic heterocycles. The van der Waals surface area contributed by atoms with Crippen molar-refractivity contribution in [3.05, 3.63) is 30.1 Å². The molecule has 1 unspecified atom stereocenters. The van der Waals surface area contributed by atoms with Gasteiger partial charge < -0.3 is 10.1 Å². The zero-order valence-electron chi connectivity index (χ0n) is 11.1. The van der Waals surface area contributed by atoms with E-state index in [1.807, 2.05) is 0 Å². The normalized spacial score (nSPS) is 27.8. The Labute approximate surface area is 113 Å².